The minimum Gasteiger partial charge on any atom is -0.444 e. The molecule has 1 saturated heterocycles. The van der Waals surface area contributed by atoms with Crippen molar-refractivity contribution < 1.29 is 18.8 Å². The Kier molecular flexibility index (Phi) is 8.77. The Bertz CT molecular complexity index is 1440. The summed E-state index contributed by atoms with van der Waals surface area (Å²) in [4.78, 5) is 34.1. The summed E-state index contributed by atoms with van der Waals surface area (Å²) in [5.74, 6) is 0.128. The van der Waals surface area contributed by atoms with Crippen LogP contribution in [0.25, 0.3) is 0 Å². The lowest BCUT2D eigenvalue weighted by Crippen LogP contribution is -2.67. The quantitative estimate of drug-likeness (QED) is 0.270. The van der Waals surface area contributed by atoms with Gasteiger partial charge in [-0.05, 0) is 60.9 Å². The van der Waals surface area contributed by atoms with Gasteiger partial charge in [0.05, 0.1) is 0 Å². The number of carbonyl (C=O) groups excluding carboxylic acids is 2. The molecule has 2 aromatic carbocycles. The van der Waals surface area contributed by atoms with Gasteiger partial charge in [-0.25, -0.2) is 9.78 Å². The average molecular weight is 633 g/mol. The van der Waals surface area contributed by atoms with Crippen LogP contribution in [0.15, 0.2) is 60.7 Å². The molecule has 8 heteroatoms. The number of aromatic nitrogens is 1. The number of thiazole rings is 1. The summed E-state index contributed by atoms with van der Waals surface area (Å²) in [5.41, 5.74) is -0.386. The lowest BCUT2D eigenvalue weighted by Gasteiger charge is -2.44. The summed E-state index contributed by atoms with van der Waals surface area (Å²) in [6.07, 6.45) is 2.65. The van der Waals surface area contributed by atoms with E-state index in [4.69, 9.17) is 14.1 Å². The highest BCUT2D eigenvalue weighted by Gasteiger charge is 2.51. The zero-order valence-electron chi connectivity index (χ0n) is 27.7. The second kappa shape index (κ2) is 11.8. The maximum absolute atomic E-state index is 13.5. The zero-order valence-corrected chi connectivity index (χ0v) is 29.5. The molecule has 5 rings (SSSR count). The maximum Gasteiger partial charge on any atom is 0.410 e. The molecule has 1 fully saturated rings. The first-order valence-corrected chi connectivity index (χ1v) is 18.5. The normalized spacial score (nSPS) is 17.5. The zero-order chi connectivity index (χ0) is 32.0. The van der Waals surface area contributed by atoms with E-state index in [0.29, 0.717) is 31.8 Å². The number of carbonyl (C=O) groups is 2. The van der Waals surface area contributed by atoms with Crippen molar-refractivity contribution in [2.75, 3.05) is 19.7 Å². The van der Waals surface area contributed by atoms with Gasteiger partial charge in [-0.3, -0.25) is 4.79 Å². The number of ketones is 1. The first-order valence-electron chi connectivity index (χ1n) is 15.8. The average Bonchev–Trinajstić information content (AvgIpc) is 3.39. The second-order valence-corrected chi connectivity index (χ2v) is 20.8. The van der Waals surface area contributed by atoms with Crippen LogP contribution in [-0.2, 0) is 21.0 Å². The topological polar surface area (TPSA) is 68.7 Å². The van der Waals surface area contributed by atoms with E-state index in [2.05, 4.69) is 95.3 Å². The van der Waals surface area contributed by atoms with Gasteiger partial charge >= 0.3 is 6.09 Å². The van der Waals surface area contributed by atoms with Crippen molar-refractivity contribution in [2.24, 2.45) is 5.41 Å². The summed E-state index contributed by atoms with van der Waals surface area (Å²) in [5, 5.41) is 3.34. The van der Waals surface area contributed by atoms with Crippen LogP contribution in [0, 0.1) is 5.41 Å². The van der Waals surface area contributed by atoms with Gasteiger partial charge in [0.15, 0.2) is 5.78 Å². The highest BCUT2D eigenvalue weighted by molar-refractivity contribution is 7.12. The Hall–Kier alpha value is -2.81. The first-order chi connectivity index (χ1) is 20.6. The lowest BCUT2D eigenvalue weighted by atomic mass is 9.68. The molecule has 0 unspecified atom stereocenters. The highest BCUT2D eigenvalue weighted by Crippen LogP contribution is 2.47. The van der Waals surface area contributed by atoms with E-state index in [-0.39, 0.29) is 27.7 Å². The molecule has 3 aromatic rings. The molecule has 0 atom stereocenters. The number of benzene rings is 2. The molecular formula is C36H48N2O4SSi. The van der Waals surface area contributed by atoms with Crippen LogP contribution in [0.3, 0.4) is 0 Å². The lowest BCUT2D eigenvalue weighted by molar-refractivity contribution is 0.00894. The van der Waals surface area contributed by atoms with Gasteiger partial charge in [0, 0.05) is 36.4 Å². The number of hydrogen-bond donors (Lipinski definition) is 0. The van der Waals surface area contributed by atoms with E-state index in [1.54, 1.807) is 16.2 Å². The molecule has 236 valence electrons. The molecular weight excluding hydrogens is 585 g/mol. The molecule has 6 nitrogen and oxygen atoms in total. The maximum atomic E-state index is 13.5. The van der Waals surface area contributed by atoms with Gasteiger partial charge < -0.3 is 14.1 Å². The fourth-order valence-electron chi connectivity index (χ4n) is 6.76. The Morgan fingerprint density at radius 2 is 1.43 bits per heavy atom. The van der Waals surface area contributed by atoms with E-state index < -0.39 is 13.9 Å². The van der Waals surface area contributed by atoms with Crippen LogP contribution in [-0.4, -0.2) is 55.4 Å². The predicted octanol–water partition coefficient (Wildman–Crippen LogP) is 7.14. The van der Waals surface area contributed by atoms with Crippen LogP contribution < -0.4 is 10.4 Å². The third-order valence-corrected chi connectivity index (χ3v) is 15.6. The molecule has 0 N–H and O–H groups in total. The summed E-state index contributed by atoms with van der Waals surface area (Å²) in [6, 6.07) is 21.4. The summed E-state index contributed by atoms with van der Waals surface area (Å²) < 4.78 is 12.9. The van der Waals surface area contributed by atoms with Gasteiger partial charge in [-0.1, -0.05) is 95.3 Å². The number of amides is 1. The Labute approximate surface area is 268 Å². The molecule has 1 aliphatic heterocycles. The molecule has 1 aliphatic carbocycles. The number of piperidine rings is 1. The third-order valence-electron chi connectivity index (χ3n) is 9.15. The SMILES string of the molecule is CC(C)(C)OC(=O)N1CCC2(CC1)CC(=O)c1nc(C(C)(C)CO[Si](c3ccccc3)(c3ccccc3)C(C)(C)C)sc1C2. The van der Waals surface area contributed by atoms with Crippen molar-refractivity contribution in [3.05, 3.63) is 76.2 Å². The third kappa shape index (κ3) is 6.44. The van der Waals surface area contributed by atoms with Crippen molar-refractivity contribution in [1.29, 1.82) is 0 Å². The molecule has 2 heterocycles. The molecule has 1 amide bonds. The number of nitrogens with zero attached hydrogens (tertiary/aromatic N) is 2. The minimum atomic E-state index is -2.71. The molecule has 2 aliphatic rings. The van der Waals surface area contributed by atoms with E-state index in [1.165, 1.54) is 10.4 Å². The van der Waals surface area contributed by atoms with E-state index in [9.17, 15) is 9.59 Å². The largest absolute Gasteiger partial charge is 0.444 e. The fraction of sp³-hybridized carbons (Fsp3) is 0.528. The highest BCUT2D eigenvalue weighted by atomic mass is 32.1. The molecule has 0 saturated carbocycles. The van der Waals surface area contributed by atoms with Gasteiger partial charge in [0.25, 0.3) is 8.32 Å². The Morgan fingerprint density at radius 3 is 1.93 bits per heavy atom. The van der Waals surface area contributed by atoms with Crippen LogP contribution in [0.1, 0.15) is 95.0 Å². The number of Topliss-reactive ketones (excluding diaryl/α,β-unsaturated/α-hetero) is 1. The van der Waals surface area contributed by atoms with Gasteiger partial charge in [-0.15, -0.1) is 11.3 Å². The smallest absolute Gasteiger partial charge is 0.410 e. The Morgan fingerprint density at radius 1 is 0.886 bits per heavy atom. The number of ether oxygens (including phenoxy) is 1. The van der Waals surface area contributed by atoms with Crippen molar-refractivity contribution in [3.63, 3.8) is 0 Å². The number of hydrogen-bond acceptors (Lipinski definition) is 6. The van der Waals surface area contributed by atoms with Crippen molar-refractivity contribution in [2.45, 2.75) is 97.1 Å². The first kappa shape index (κ1) is 32.6. The summed E-state index contributed by atoms with van der Waals surface area (Å²) in [7, 11) is -2.71. The van der Waals surface area contributed by atoms with Gasteiger partial charge in [-0.2, -0.15) is 0 Å². The van der Waals surface area contributed by atoms with Gasteiger partial charge in [0.2, 0.25) is 0 Å². The van der Waals surface area contributed by atoms with Crippen LogP contribution in [0.2, 0.25) is 5.04 Å². The van der Waals surface area contributed by atoms with Gasteiger partial charge in [0.1, 0.15) is 16.3 Å². The molecule has 44 heavy (non-hydrogen) atoms. The van der Waals surface area contributed by atoms with Crippen LogP contribution >= 0.6 is 11.3 Å². The summed E-state index contributed by atoms with van der Waals surface area (Å²) >= 11 is 1.68. The fourth-order valence-corrected chi connectivity index (χ4v) is 12.8. The monoisotopic (exact) mass is 632 g/mol. The van der Waals surface area contributed by atoms with E-state index in [0.717, 1.165) is 29.1 Å². The minimum absolute atomic E-state index is 0.121. The van der Waals surface area contributed by atoms with Crippen LogP contribution in [0.4, 0.5) is 4.79 Å². The van der Waals surface area contributed by atoms with Crippen molar-refractivity contribution in [1.82, 2.24) is 9.88 Å². The van der Waals surface area contributed by atoms with E-state index in [1.807, 2.05) is 20.8 Å². The summed E-state index contributed by atoms with van der Waals surface area (Å²) in [6.45, 7) is 18.6. The number of fused-ring (bicyclic) bond motifs is 1. The van der Waals surface area contributed by atoms with Crippen LogP contribution in [0.5, 0.6) is 0 Å². The predicted molar refractivity (Wildman–Crippen MR) is 181 cm³/mol. The number of rotatable bonds is 6. The Balaban J connectivity index is 1.37. The molecule has 0 radical (unpaired) electrons. The second-order valence-electron chi connectivity index (χ2n) is 15.4. The number of likely N-dealkylation sites (tertiary alicyclic amines) is 1. The van der Waals surface area contributed by atoms with Crippen molar-refractivity contribution in [3.8, 4) is 0 Å². The van der Waals surface area contributed by atoms with Crippen molar-refractivity contribution >= 4 is 41.9 Å². The van der Waals surface area contributed by atoms with E-state index >= 15 is 0 Å². The standard InChI is InChI=1S/C36H48N2O4SSi/c1-33(2,3)42-32(40)38-21-19-36(20-22-38)23-28(39)30-29(24-36)43-31(37-30)35(7,8)25-41-44(34(4,5)6,26-15-11-9-12-16-26)27-17-13-10-14-18-27/h9-18H,19-25H2,1-8H3. The molecule has 1 aromatic heterocycles. The molecule has 0 bridgehead atoms. The molecule has 1 spiro atoms.